The Bertz CT molecular complexity index is 375. The van der Waals surface area contributed by atoms with E-state index in [1.54, 1.807) is 17.0 Å². The lowest BCUT2D eigenvalue weighted by Crippen LogP contribution is -2.50. The summed E-state index contributed by atoms with van der Waals surface area (Å²) in [7, 11) is 0. The van der Waals surface area contributed by atoms with E-state index in [9.17, 15) is 4.79 Å². The highest BCUT2D eigenvalue weighted by molar-refractivity contribution is 5.70. The average Bonchev–Trinajstić information content (AvgIpc) is 2.41. The van der Waals surface area contributed by atoms with Crippen LogP contribution in [0.25, 0.3) is 0 Å². The van der Waals surface area contributed by atoms with E-state index in [2.05, 4.69) is 4.90 Å². The summed E-state index contributed by atoms with van der Waals surface area (Å²) in [4.78, 5) is 15.9. The van der Waals surface area contributed by atoms with Crippen molar-refractivity contribution >= 4 is 6.09 Å². The zero-order valence-electron chi connectivity index (χ0n) is 10.4. The highest BCUT2D eigenvalue weighted by Gasteiger charge is 2.21. The molecule has 1 aliphatic heterocycles. The molecule has 0 aliphatic carbocycles. The summed E-state index contributed by atoms with van der Waals surface area (Å²) >= 11 is 0. The van der Waals surface area contributed by atoms with Gasteiger partial charge in [-0.15, -0.1) is 0 Å². The van der Waals surface area contributed by atoms with Crippen LogP contribution in [0.2, 0.25) is 0 Å². The Balaban J connectivity index is 1.81. The lowest BCUT2D eigenvalue weighted by atomic mass is 10.3. The van der Waals surface area contributed by atoms with E-state index >= 15 is 0 Å². The van der Waals surface area contributed by atoms with Crippen LogP contribution in [0.1, 0.15) is 0 Å². The molecule has 1 heterocycles. The number of nitrogens with two attached hydrogens (primary N) is 1. The second-order valence-electron chi connectivity index (χ2n) is 4.30. The zero-order chi connectivity index (χ0) is 12.8. The number of rotatable bonds is 3. The molecule has 1 aromatic rings. The number of para-hydroxylation sites is 1. The second kappa shape index (κ2) is 6.37. The van der Waals surface area contributed by atoms with Gasteiger partial charge in [0.2, 0.25) is 0 Å². The SMILES string of the molecule is NCCN1CCN(C(=O)Oc2ccccc2)CC1. The molecule has 1 saturated heterocycles. The zero-order valence-corrected chi connectivity index (χ0v) is 10.4. The number of amides is 1. The van der Waals surface area contributed by atoms with E-state index in [1.807, 2.05) is 18.2 Å². The molecule has 0 atom stereocenters. The Morgan fingerprint density at radius 2 is 1.83 bits per heavy atom. The van der Waals surface area contributed by atoms with Crippen LogP contribution < -0.4 is 10.5 Å². The van der Waals surface area contributed by atoms with E-state index in [4.69, 9.17) is 10.5 Å². The summed E-state index contributed by atoms with van der Waals surface area (Å²) in [5.74, 6) is 0.590. The van der Waals surface area contributed by atoms with E-state index in [1.165, 1.54) is 0 Å². The van der Waals surface area contributed by atoms with Gasteiger partial charge in [-0.25, -0.2) is 4.79 Å². The van der Waals surface area contributed by atoms with Crippen LogP contribution in [-0.2, 0) is 0 Å². The van der Waals surface area contributed by atoms with E-state index in [-0.39, 0.29) is 6.09 Å². The normalized spacial score (nSPS) is 16.6. The predicted molar refractivity (Wildman–Crippen MR) is 69.5 cm³/mol. The maximum absolute atomic E-state index is 11.9. The molecule has 1 aromatic carbocycles. The summed E-state index contributed by atoms with van der Waals surface area (Å²) in [6.45, 7) is 4.68. The molecular weight excluding hydrogens is 230 g/mol. The standard InChI is InChI=1S/C13H19N3O2/c14-6-7-15-8-10-16(11-9-15)13(17)18-12-4-2-1-3-5-12/h1-5H,6-11,14H2. The summed E-state index contributed by atoms with van der Waals surface area (Å²) < 4.78 is 5.29. The molecule has 0 unspecified atom stereocenters. The Labute approximate surface area is 107 Å². The number of hydrogen-bond acceptors (Lipinski definition) is 4. The monoisotopic (exact) mass is 249 g/mol. The third kappa shape index (κ3) is 3.45. The quantitative estimate of drug-likeness (QED) is 0.859. The van der Waals surface area contributed by atoms with Gasteiger partial charge in [0.05, 0.1) is 0 Å². The summed E-state index contributed by atoms with van der Waals surface area (Å²) in [5.41, 5.74) is 5.51. The molecule has 0 aromatic heterocycles. The highest BCUT2D eigenvalue weighted by atomic mass is 16.6. The molecule has 2 N–H and O–H groups in total. The first kappa shape index (κ1) is 12.9. The van der Waals surface area contributed by atoms with Crippen molar-refractivity contribution in [1.82, 2.24) is 9.80 Å². The van der Waals surface area contributed by atoms with Crippen LogP contribution in [0.15, 0.2) is 30.3 Å². The smallest absolute Gasteiger partial charge is 0.410 e. The number of carbonyl (C=O) groups is 1. The molecule has 2 rings (SSSR count). The fraction of sp³-hybridized carbons (Fsp3) is 0.462. The van der Waals surface area contributed by atoms with Crippen molar-refractivity contribution < 1.29 is 9.53 Å². The molecule has 18 heavy (non-hydrogen) atoms. The molecule has 5 heteroatoms. The summed E-state index contributed by atoms with van der Waals surface area (Å²) in [6.07, 6.45) is -0.270. The van der Waals surface area contributed by atoms with Gasteiger partial charge in [0.1, 0.15) is 5.75 Å². The van der Waals surface area contributed by atoms with Crippen molar-refractivity contribution in [3.8, 4) is 5.75 Å². The van der Waals surface area contributed by atoms with Gasteiger partial charge in [0.15, 0.2) is 0 Å². The number of hydrogen-bond donors (Lipinski definition) is 1. The van der Waals surface area contributed by atoms with Crippen molar-refractivity contribution in [3.63, 3.8) is 0 Å². The lowest BCUT2D eigenvalue weighted by Gasteiger charge is -2.33. The number of benzene rings is 1. The van der Waals surface area contributed by atoms with Crippen LogP contribution in [-0.4, -0.2) is 55.2 Å². The lowest BCUT2D eigenvalue weighted by molar-refractivity contribution is 0.112. The van der Waals surface area contributed by atoms with Gasteiger partial charge in [-0.1, -0.05) is 18.2 Å². The van der Waals surface area contributed by atoms with Crippen LogP contribution in [0.5, 0.6) is 5.75 Å². The summed E-state index contributed by atoms with van der Waals surface area (Å²) in [5, 5.41) is 0. The topological polar surface area (TPSA) is 58.8 Å². The fourth-order valence-corrected chi connectivity index (χ4v) is 1.99. The maximum atomic E-state index is 11.9. The minimum absolute atomic E-state index is 0.270. The molecule has 1 aliphatic rings. The molecule has 1 fully saturated rings. The molecule has 98 valence electrons. The molecule has 0 bridgehead atoms. The molecule has 0 saturated carbocycles. The molecular formula is C13H19N3O2. The first-order valence-electron chi connectivity index (χ1n) is 6.24. The van der Waals surface area contributed by atoms with E-state index < -0.39 is 0 Å². The van der Waals surface area contributed by atoms with Crippen LogP contribution in [0.4, 0.5) is 4.79 Å². The Hall–Kier alpha value is -1.59. The number of carbonyl (C=O) groups excluding carboxylic acids is 1. The second-order valence-corrected chi connectivity index (χ2v) is 4.30. The van der Waals surface area contributed by atoms with Gasteiger partial charge < -0.3 is 15.4 Å². The van der Waals surface area contributed by atoms with Crippen molar-refractivity contribution in [1.29, 1.82) is 0 Å². The molecule has 5 nitrogen and oxygen atoms in total. The number of ether oxygens (including phenoxy) is 1. The Kier molecular flexibility index (Phi) is 4.55. The predicted octanol–water partition coefficient (Wildman–Crippen LogP) is 0.762. The minimum Gasteiger partial charge on any atom is -0.410 e. The van der Waals surface area contributed by atoms with Crippen LogP contribution in [0, 0.1) is 0 Å². The van der Waals surface area contributed by atoms with Gasteiger partial charge in [0, 0.05) is 39.3 Å². The van der Waals surface area contributed by atoms with Crippen LogP contribution in [0.3, 0.4) is 0 Å². The molecule has 0 radical (unpaired) electrons. The maximum Gasteiger partial charge on any atom is 0.415 e. The highest BCUT2D eigenvalue weighted by Crippen LogP contribution is 2.11. The first-order valence-corrected chi connectivity index (χ1v) is 6.24. The van der Waals surface area contributed by atoms with Gasteiger partial charge in [-0.05, 0) is 12.1 Å². The minimum atomic E-state index is -0.270. The number of nitrogens with zero attached hydrogens (tertiary/aromatic N) is 2. The van der Waals surface area contributed by atoms with Crippen molar-refractivity contribution in [2.24, 2.45) is 5.73 Å². The van der Waals surface area contributed by atoms with Crippen LogP contribution >= 0.6 is 0 Å². The first-order chi connectivity index (χ1) is 8.79. The third-order valence-electron chi connectivity index (χ3n) is 3.02. The van der Waals surface area contributed by atoms with Crippen molar-refractivity contribution in [2.45, 2.75) is 0 Å². The summed E-state index contributed by atoms with van der Waals surface area (Å²) in [6, 6.07) is 9.15. The molecule has 0 spiro atoms. The fourth-order valence-electron chi connectivity index (χ4n) is 1.99. The number of piperazine rings is 1. The van der Waals surface area contributed by atoms with Gasteiger partial charge in [-0.2, -0.15) is 0 Å². The Morgan fingerprint density at radius 3 is 2.44 bits per heavy atom. The van der Waals surface area contributed by atoms with E-state index in [0.717, 1.165) is 19.6 Å². The van der Waals surface area contributed by atoms with Crippen molar-refractivity contribution in [2.75, 3.05) is 39.3 Å². The molecule has 1 amide bonds. The largest absolute Gasteiger partial charge is 0.415 e. The Morgan fingerprint density at radius 1 is 1.17 bits per heavy atom. The van der Waals surface area contributed by atoms with E-state index in [0.29, 0.717) is 25.4 Å². The average molecular weight is 249 g/mol. The van der Waals surface area contributed by atoms with Crippen molar-refractivity contribution in [3.05, 3.63) is 30.3 Å². The van der Waals surface area contributed by atoms with Gasteiger partial charge >= 0.3 is 6.09 Å². The van der Waals surface area contributed by atoms with Gasteiger partial charge in [0.25, 0.3) is 0 Å². The van der Waals surface area contributed by atoms with Gasteiger partial charge in [-0.3, -0.25) is 4.90 Å². The third-order valence-corrected chi connectivity index (χ3v) is 3.02.